The minimum absolute atomic E-state index is 0.998. The van der Waals surface area contributed by atoms with Gasteiger partial charge in [0.1, 0.15) is 0 Å². The third kappa shape index (κ3) is 4.52. The van der Waals surface area contributed by atoms with E-state index in [4.69, 9.17) is 0 Å². The maximum absolute atomic E-state index is 4.42. The van der Waals surface area contributed by atoms with E-state index >= 15 is 0 Å². The van der Waals surface area contributed by atoms with Crippen molar-refractivity contribution in [3.8, 4) is 0 Å². The molecule has 0 aromatic carbocycles. The summed E-state index contributed by atoms with van der Waals surface area (Å²) in [6, 6.07) is 0. The van der Waals surface area contributed by atoms with E-state index in [1.165, 1.54) is 0 Å². The quantitative estimate of drug-likeness (QED) is 0.492. The Morgan fingerprint density at radius 1 is 1.29 bits per heavy atom. The first-order chi connectivity index (χ1) is 6.67. The summed E-state index contributed by atoms with van der Waals surface area (Å²) >= 11 is 4.42. The summed E-state index contributed by atoms with van der Waals surface area (Å²) in [6.07, 6.45) is 10.4. The molecule has 0 aliphatic rings. The number of rotatable bonds is 5. The molecule has 0 saturated heterocycles. The van der Waals surface area contributed by atoms with Crippen LogP contribution in [0.2, 0.25) is 0 Å². The highest BCUT2D eigenvalue weighted by Gasteiger charge is 2.01. The molecular formula is C13H20S. The van der Waals surface area contributed by atoms with E-state index in [-0.39, 0.29) is 0 Å². The first-order valence-electron chi connectivity index (χ1n) is 5.08. The van der Waals surface area contributed by atoms with Crippen LogP contribution in [-0.4, -0.2) is 0 Å². The predicted molar refractivity (Wildman–Crippen MR) is 69.7 cm³/mol. The maximum Gasteiger partial charge on any atom is 0.00723 e. The van der Waals surface area contributed by atoms with Crippen LogP contribution in [0.25, 0.3) is 0 Å². The molecule has 0 heterocycles. The second kappa shape index (κ2) is 7.69. The highest BCUT2D eigenvalue weighted by molar-refractivity contribution is 7.84. The first-order valence-corrected chi connectivity index (χ1v) is 5.53. The molecule has 0 saturated carbocycles. The van der Waals surface area contributed by atoms with Crippen molar-refractivity contribution in [2.24, 2.45) is 0 Å². The zero-order valence-electron chi connectivity index (χ0n) is 9.38. The van der Waals surface area contributed by atoms with Gasteiger partial charge in [0.05, 0.1) is 0 Å². The van der Waals surface area contributed by atoms with Gasteiger partial charge in [0.25, 0.3) is 0 Å². The highest BCUT2D eigenvalue weighted by atomic mass is 32.1. The van der Waals surface area contributed by atoms with Gasteiger partial charge in [-0.3, -0.25) is 0 Å². The fourth-order valence-corrected chi connectivity index (χ4v) is 1.34. The average Bonchev–Trinajstić information content (AvgIpc) is 2.21. The van der Waals surface area contributed by atoms with Gasteiger partial charge in [-0.05, 0) is 30.9 Å². The summed E-state index contributed by atoms with van der Waals surface area (Å²) < 4.78 is 0. The molecule has 0 aromatic rings. The van der Waals surface area contributed by atoms with Gasteiger partial charge in [-0.15, -0.1) is 12.6 Å². The molecule has 0 rings (SSSR count). The van der Waals surface area contributed by atoms with Crippen molar-refractivity contribution in [3.05, 3.63) is 46.9 Å². The van der Waals surface area contributed by atoms with Crippen molar-refractivity contribution in [2.75, 3.05) is 0 Å². The monoisotopic (exact) mass is 208 g/mol. The smallest absolute Gasteiger partial charge is 0.00723 e. The fraction of sp³-hybridized carbons (Fsp3) is 0.385. The lowest BCUT2D eigenvalue weighted by Crippen LogP contribution is -1.86. The minimum Gasteiger partial charge on any atom is -0.143 e. The Morgan fingerprint density at radius 2 is 1.93 bits per heavy atom. The summed E-state index contributed by atoms with van der Waals surface area (Å²) in [5.74, 6) is 0. The maximum atomic E-state index is 4.42. The Labute approximate surface area is 93.5 Å². The van der Waals surface area contributed by atoms with Crippen LogP contribution < -0.4 is 0 Å². The lowest BCUT2D eigenvalue weighted by Gasteiger charge is -2.06. The van der Waals surface area contributed by atoms with E-state index in [0.29, 0.717) is 0 Å². The van der Waals surface area contributed by atoms with E-state index in [1.807, 2.05) is 13.0 Å². The van der Waals surface area contributed by atoms with Crippen LogP contribution in [0.15, 0.2) is 46.9 Å². The van der Waals surface area contributed by atoms with Crippen molar-refractivity contribution in [1.82, 2.24) is 0 Å². The third-order valence-corrected chi connectivity index (χ3v) is 2.36. The second-order valence-corrected chi connectivity index (χ2v) is 3.52. The Kier molecular flexibility index (Phi) is 7.31. The standard InChI is InChI=1S/C13H20S/c1-5-8-10-11(4)12(9-6-2)13(14)7-3/h7-10,14H,4-6H2,1-3H3/b10-8-,12-9+,13-7+. The van der Waals surface area contributed by atoms with Crippen LogP contribution in [0.5, 0.6) is 0 Å². The number of allylic oxidation sites excluding steroid dienone is 6. The highest BCUT2D eigenvalue weighted by Crippen LogP contribution is 2.22. The van der Waals surface area contributed by atoms with E-state index in [0.717, 1.165) is 28.9 Å². The van der Waals surface area contributed by atoms with Crippen LogP contribution in [-0.2, 0) is 0 Å². The van der Waals surface area contributed by atoms with Crippen LogP contribution in [0.4, 0.5) is 0 Å². The number of hydrogen-bond donors (Lipinski definition) is 1. The van der Waals surface area contributed by atoms with Gasteiger partial charge in [0.15, 0.2) is 0 Å². The Bertz CT molecular complexity index is 267. The molecule has 0 spiro atoms. The SMILES string of the molecule is C=C(/C=C\CC)C(=C\CC)/C(S)=C\C. The molecule has 0 nitrogen and oxygen atoms in total. The van der Waals surface area contributed by atoms with Gasteiger partial charge in [0.2, 0.25) is 0 Å². The van der Waals surface area contributed by atoms with E-state index in [9.17, 15) is 0 Å². The van der Waals surface area contributed by atoms with Gasteiger partial charge in [0, 0.05) is 4.91 Å². The largest absolute Gasteiger partial charge is 0.143 e. The van der Waals surface area contributed by atoms with Crippen molar-refractivity contribution in [2.45, 2.75) is 33.6 Å². The summed E-state index contributed by atoms with van der Waals surface area (Å²) in [7, 11) is 0. The van der Waals surface area contributed by atoms with Gasteiger partial charge < -0.3 is 0 Å². The molecule has 0 amide bonds. The van der Waals surface area contributed by atoms with Gasteiger partial charge in [-0.25, -0.2) is 0 Å². The Morgan fingerprint density at radius 3 is 2.36 bits per heavy atom. The summed E-state index contributed by atoms with van der Waals surface area (Å²) in [5, 5.41) is 0. The van der Waals surface area contributed by atoms with E-state index in [1.54, 1.807) is 0 Å². The zero-order chi connectivity index (χ0) is 11.0. The van der Waals surface area contributed by atoms with Crippen molar-refractivity contribution in [3.63, 3.8) is 0 Å². The second-order valence-electron chi connectivity index (χ2n) is 3.04. The van der Waals surface area contributed by atoms with Crippen LogP contribution in [0, 0.1) is 0 Å². The number of hydrogen-bond acceptors (Lipinski definition) is 1. The molecule has 0 radical (unpaired) electrons. The fourth-order valence-electron chi connectivity index (χ4n) is 1.11. The summed E-state index contributed by atoms with van der Waals surface area (Å²) in [6.45, 7) is 10.3. The predicted octanol–water partition coefficient (Wildman–Crippen LogP) is 4.68. The molecule has 78 valence electrons. The molecule has 1 heteroatoms. The topological polar surface area (TPSA) is 0 Å². The lowest BCUT2D eigenvalue weighted by molar-refractivity contribution is 1.19. The molecular weight excluding hydrogens is 188 g/mol. The molecule has 0 aliphatic heterocycles. The van der Waals surface area contributed by atoms with Gasteiger partial charge in [-0.2, -0.15) is 0 Å². The van der Waals surface area contributed by atoms with Crippen molar-refractivity contribution >= 4 is 12.6 Å². The molecule has 0 N–H and O–H groups in total. The lowest BCUT2D eigenvalue weighted by atomic mass is 10.0. The van der Waals surface area contributed by atoms with Gasteiger partial charge in [-0.1, -0.05) is 44.7 Å². The van der Waals surface area contributed by atoms with Crippen LogP contribution >= 0.6 is 12.6 Å². The molecule has 14 heavy (non-hydrogen) atoms. The van der Waals surface area contributed by atoms with Gasteiger partial charge >= 0.3 is 0 Å². The molecule has 0 fully saturated rings. The van der Waals surface area contributed by atoms with Crippen molar-refractivity contribution in [1.29, 1.82) is 0 Å². The summed E-state index contributed by atoms with van der Waals surface area (Å²) in [5.41, 5.74) is 2.18. The Balaban J connectivity index is 4.77. The summed E-state index contributed by atoms with van der Waals surface area (Å²) in [4.78, 5) is 0.998. The first kappa shape index (κ1) is 13.3. The van der Waals surface area contributed by atoms with Crippen molar-refractivity contribution < 1.29 is 0 Å². The van der Waals surface area contributed by atoms with Crippen LogP contribution in [0.1, 0.15) is 33.6 Å². The van der Waals surface area contributed by atoms with Crippen LogP contribution in [0.3, 0.4) is 0 Å². The molecule has 0 bridgehead atoms. The molecule has 0 unspecified atom stereocenters. The normalized spacial score (nSPS) is 13.7. The van der Waals surface area contributed by atoms with E-state index < -0.39 is 0 Å². The number of thiol groups is 1. The molecule has 0 atom stereocenters. The average molecular weight is 208 g/mol. The zero-order valence-corrected chi connectivity index (χ0v) is 10.3. The molecule has 0 aromatic heterocycles. The minimum atomic E-state index is 0.998. The third-order valence-electron chi connectivity index (χ3n) is 1.86. The Hall–Kier alpha value is -0.690. The molecule has 0 aliphatic carbocycles. The van der Waals surface area contributed by atoms with E-state index in [2.05, 4.69) is 51.3 Å².